The lowest BCUT2D eigenvalue weighted by Crippen LogP contribution is -2.12. The summed E-state index contributed by atoms with van der Waals surface area (Å²) in [7, 11) is 4.35. The van der Waals surface area contributed by atoms with E-state index in [-0.39, 0.29) is 29.5 Å². The van der Waals surface area contributed by atoms with Gasteiger partial charge in [-0.3, -0.25) is 4.79 Å². The Balaban J connectivity index is 1.64. The lowest BCUT2D eigenvalue weighted by molar-refractivity contribution is -0.138. The molecule has 9 nitrogen and oxygen atoms in total. The standard InChI is InChI=1S/C25H24F3N5O4/c1-14(34)30-23-12-17(7-8-29-23)37-16-5-6-20-21(11-16)33(2)24(32-20)31-15-9-19(25(26,27)28)18(13-35-3)22(10-15)36-4/h5-12H,13H2,1-4H3,(H,31,32)(H,29,30,34). The molecule has 0 atom stereocenters. The number of nitrogens with one attached hydrogen (secondary N) is 2. The summed E-state index contributed by atoms with van der Waals surface area (Å²) < 4.78 is 59.1. The Kier molecular flexibility index (Phi) is 7.21. The van der Waals surface area contributed by atoms with Gasteiger partial charge < -0.3 is 29.4 Å². The first-order valence-corrected chi connectivity index (χ1v) is 11.0. The average molecular weight is 515 g/mol. The van der Waals surface area contributed by atoms with Crippen molar-refractivity contribution in [1.82, 2.24) is 14.5 Å². The van der Waals surface area contributed by atoms with Gasteiger partial charge in [0.25, 0.3) is 0 Å². The number of hydrogen-bond donors (Lipinski definition) is 2. The van der Waals surface area contributed by atoms with E-state index < -0.39 is 11.7 Å². The summed E-state index contributed by atoms with van der Waals surface area (Å²) in [6.45, 7) is 1.13. The number of hydrogen-bond acceptors (Lipinski definition) is 7. The second-order valence-corrected chi connectivity index (χ2v) is 8.07. The molecular weight excluding hydrogens is 491 g/mol. The van der Waals surface area contributed by atoms with Crippen LogP contribution in [0.4, 0.5) is 30.6 Å². The molecule has 0 bridgehead atoms. The Bertz CT molecular complexity index is 1450. The number of pyridine rings is 1. The SMILES string of the molecule is COCc1c(OC)cc(Nc2nc3ccc(Oc4ccnc(NC(C)=O)c4)cc3n2C)cc1C(F)(F)F. The van der Waals surface area contributed by atoms with Gasteiger partial charge in [0.05, 0.1) is 30.3 Å². The van der Waals surface area contributed by atoms with Gasteiger partial charge in [-0.05, 0) is 24.3 Å². The van der Waals surface area contributed by atoms with Crippen molar-refractivity contribution in [3.63, 3.8) is 0 Å². The molecule has 2 N–H and O–H groups in total. The molecule has 194 valence electrons. The van der Waals surface area contributed by atoms with E-state index in [1.54, 1.807) is 41.9 Å². The number of rotatable bonds is 8. The molecule has 0 saturated carbocycles. The van der Waals surface area contributed by atoms with Gasteiger partial charge in [0.15, 0.2) is 0 Å². The molecular formula is C25H24F3N5O4. The topological polar surface area (TPSA) is 99.5 Å². The van der Waals surface area contributed by atoms with Crippen LogP contribution < -0.4 is 20.1 Å². The number of nitrogens with zero attached hydrogens (tertiary/aromatic N) is 3. The monoisotopic (exact) mass is 515 g/mol. The lowest BCUT2D eigenvalue weighted by Gasteiger charge is -2.18. The van der Waals surface area contributed by atoms with Crippen molar-refractivity contribution < 1.29 is 32.2 Å². The summed E-state index contributed by atoms with van der Waals surface area (Å²) in [6, 6.07) is 10.9. The first-order chi connectivity index (χ1) is 17.6. The molecule has 2 heterocycles. The van der Waals surface area contributed by atoms with Crippen LogP contribution in [0.5, 0.6) is 17.2 Å². The maximum Gasteiger partial charge on any atom is 0.416 e. The molecule has 0 aliphatic heterocycles. The van der Waals surface area contributed by atoms with Crippen LogP contribution in [0.3, 0.4) is 0 Å². The van der Waals surface area contributed by atoms with Crippen molar-refractivity contribution in [2.75, 3.05) is 24.9 Å². The summed E-state index contributed by atoms with van der Waals surface area (Å²) in [5.41, 5.74) is 0.482. The van der Waals surface area contributed by atoms with Crippen molar-refractivity contribution in [2.24, 2.45) is 7.05 Å². The number of aromatic nitrogens is 3. The summed E-state index contributed by atoms with van der Waals surface area (Å²) in [5, 5.41) is 5.54. The smallest absolute Gasteiger partial charge is 0.416 e. The predicted octanol–water partition coefficient (Wildman–Crippen LogP) is 5.64. The van der Waals surface area contributed by atoms with Crippen LogP contribution in [0, 0.1) is 0 Å². The third kappa shape index (κ3) is 5.75. The second-order valence-electron chi connectivity index (χ2n) is 8.07. The maximum atomic E-state index is 13.8. The highest BCUT2D eigenvalue weighted by molar-refractivity contribution is 5.87. The van der Waals surface area contributed by atoms with Gasteiger partial charge in [-0.25, -0.2) is 9.97 Å². The van der Waals surface area contributed by atoms with E-state index in [1.807, 2.05) is 0 Å². The third-order valence-electron chi connectivity index (χ3n) is 5.40. The Morgan fingerprint density at radius 1 is 1.08 bits per heavy atom. The van der Waals surface area contributed by atoms with E-state index in [0.29, 0.717) is 34.3 Å². The molecule has 0 spiro atoms. The highest BCUT2D eigenvalue weighted by atomic mass is 19.4. The molecule has 2 aromatic heterocycles. The van der Waals surface area contributed by atoms with E-state index in [4.69, 9.17) is 14.2 Å². The van der Waals surface area contributed by atoms with Crippen LogP contribution in [-0.2, 0) is 29.4 Å². The zero-order valence-electron chi connectivity index (χ0n) is 20.4. The number of carbonyl (C=O) groups is 1. The number of anilines is 3. The van der Waals surface area contributed by atoms with E-state index in [9.17, 15) is 18.0 Å². The van der Waals surface area contributed by atoms with E-state index in [1.165, 1.54) is 33.4 Å². The molecule has 4 aromatic rings. The number of carbonyl (C=O) groups excluding carboxylic acids is 1. The van der Waals surface area contributed by atoms with Crippen molar-refractivity contribution >= 4 is 34.4 Å². The zero-order valence-corrected chi connectivity index (χ0v) is 20.4. The highest BCUT2D eigenvalue weighted by Crippen LogP contribution is 2.40. The quantitative estimate of drug-likeness (QED) is 0.313. The molecule has 1 amide bonds. The number of amides is 1. The third-order valence-corrected chi connectivity index (χ3v) is 5.40. The Hall–Kier alpha value is -4.32. The number of fused-ring (bicyclic) bond motifs is 1. The molecule has 4 rings (SSSR count). The molecule has 0 fully saturated rings. The normalized spacial score (nSPS) is 11.4. The van der Waals surface area contributed by atoms with Crippen molar-refractivity contribution in [1.29, 1.82) is 0 Å². The van der Waals surface area contributed by atoms with Gasteiger partial charge >= 0.3 is 6.18 Å². The average Bonchev–Trinajstić information content (AvgIpc) is 3.13. The minimum Gasteiger partial charge on any atom is -0.496 e. The van der Waals surface area contributed by atoms with Gasteiger partial charge in [-0.15, -0.1) is 0 Å². The minimum atomic E-state index is -4.61. The number of benzene rings is 2. The van der Waals surface area contributed by atoms with Crippen LogP contribution in [0.1, 0.15) is 18.1 Å². The summed E-state index contributed by atoms with van der Waals surface area (Å²) in [6.07, 6.45) is -3.10. The summed E-state index contributed by atoms with van der Waals surface area (Å²) >= 11 is 0. The summed E-state index contributed by atoms with van der Waals surface area (Å²) in [4.78, 5) is 19.8. The van der Waals surface area contributed by atoms with Crippen LogP contribution >= 0.6 is 0 Å². The van der Waals surface area contributed by atoms with Crippen LogP contribution in [0.25, 0.3) is 11.0 Å². The van der Waals surface area contributed by atoms with Crippen LogP contribution in [-0.4, -0.2) is 34.7 Å². The minimum absolute atomic E-state index is 0.0459. The molecule has 2 aromatic carbocycles. The first-order valence-electron chi connectivity index (χ1n) is 11.0. The van der Waals surface area contributed by atoms with Crippen LogP contribution in [0.15, 0.2) is 48.7 Å². The number of aryl methyl sites for hydroxylation is 1. The van der Waals surface area contributed by atoms with Gasteiger partial charge in [0, 0.05) is 56.7 Å². The van der Waals surface area contributed by atoms with Crippen molar-refractivity contribution in [3.05, 3.63) is 59.8 Å². The fourth-order valence-corrected chi connectivity index (χ4v) is 3.78. The highest BCUT2D eigenvalue weighted by Gasteiger charge is 2.35. The van der Waals surface area contributed by atoms with Gasteiger partial charge in [-0.1, -0.05) is 0 Å². The van der Waals surface area contributed by atoms with Gasteiger partial charge in [-0.2, -0.15) is 13.2 Å². The molecule has 0 saturated heterocycles. The molecule has 0 aliphatic carbocycles. The second kappa shape index (κ2) is 10.3. The molecule has 12 heteroatoms. The summed E-state index contributed by atoms with van der Waals surface area (Å²) in [5.74, 6) is 1.41. The van der Waals surface area contributed by atoms with E-state index in [2.05, 4.69) is 20.6 Å². The molecule has 0 aliphatic rings. The largest absolute Gasteiger partial charge is 0.496 e. The number of alkyl halides is 3. The predicted molar refractivity (Wildman–Crippen MR) is 131 cm³/mol. The lowest BCUT2D eigenvalue weighted by atomic mass is 10.0. The first kappa shape index (κ1) is 25.8. The zero-order chi connectivity index (χ0) is 26.7. The van der Waals surface area contributed by atoms with Crippen LogP contribution in [0.2, 0.25) is 0 Å². The van der Waals surface area contributed by atoms with Crippen molar-refractivity contribution in [3.8, 4) is 17.2 Å². The molecule has 0 radical (unpaired) electrons. The fourth-order valence-electron chi connectivity index (χ4n) is 3.78. The number of ether oxygens (including phenoxy) is 3. The van der Waals surface area contributed by atoms with E-state index in [0.717, 1.165) is 6.07 Å². The fraction of sp³-hybridized carbons (Fsp3) is 0.240. The number of imidazole rings is 1. The Labute approximate surface area is 210 Å². The Morgan fingerprint density at radius 3 is 2.51 bits per heavy atom. The molecule has 37 heavy (non-hydrogen) atoms. The molecule has 0 unspecified atom stereocenters. The van der Waals surface area contributed by atoms with Gasteiger partial charge in [0.1, 0.15) is 23.1 Å². The van der Waals surface area contributed by atoms with Gasteiger partial charge in [0.2, 0.25) is 11.9 Å². The maximum absolute atomic E-state index is 13.8. The Morgan fingerprint density at radius 2 is 1.84 bits per heavy atom. The number of halogens is 3. The van der Waals surface area contributed by atoms with Crippen molar-refractivity contribution in [2.45, 2.75) is 19.7 Å². The number of methoxy groups -OCH3 is 2. The van der Waals surface area contributed by atoms with E-state index >= 15 is 0 Å².